The van der Waals surface area contributed by atoms with Crippen LogP contribution in [-0.2, 0) is 6.42 Å². The number of hydrogen-bond donors (Lipinski definition) is 0. The number of ether oxygens (including phenoxy) is 1. The van der Waals surface area contributed by atoms with Gasteiger partial charge in [0.2, 0.25) is 0 Å². The molecular formula is C10H12O. The van der Waals surface area contributed by atoms with Crippen molar-refractivity contribution in [2.24, 2.45) is 0 Å². The summed E-state index contributed by atoms with van der Waals surface area (Å²) < 4.78 is 5.11. The monoisotopic (exact) mass is 148 g/mol. The fourth-order valence-electron chi connectivity index (χ4n) is 0.935. The summed E-state index contributed by atoms with van der Waals surface area (Å²) in [4.78, 5) is 0. The van der Waals surface area contributed by atoms with Gasteiger partial charge in [-0.05, 0) is 24.1 Å². The van der Waals surface area contributed by atoms with Crippen LogP contribution in [0.5, 0.6) is 5.75 Å². The van der Waals surface area contributed by atoms with Gasteiger partial charge in [-0.1, -0.05) is 25.6 Å². The Hall–Kier alpha value is -1.24. The average Bonchev–Trinajstić information content (AvgIpc) is 2.06. The highest BCUT2D eigenvalue weighted by Crippen LogP contribution is 2.13. The molecule has 0 heterocycles. The summed E-state index contributed by atoms with van der Waals surface area (Å²) in [5.74, 6) is 0.861. The molecule has 0 bridgehead atoms. The Kier molecular flexibility index (Phi) is 2.73. The normalized spacial score (nSPS) is 9.18. The highest BCUT2D eigenvalue weighted by atomic mass is 16.5. The topological polar surface area (TPSA) is 9.23 Å². The zero-order valence-corrected chi connectivity index (χ0v) is 6.71. The van der Waals surface area contributed by atoms with Crippen LogP contribution in [0.15, 0.2) is 37.1 Å². The summed E-state index contributed by atoms with van der Waals surface area (Å²) in [5.41, 5.74) is 1.28. The van der Waals surface area contributed by atoms with Gasteiger partial charge in [-0.2, -0.15) is 0 Å². The highest BCUT2D eigenvalue weighted by Gasteiger charge is 1.91. The first-order chi connectivity index (χ1) is 5.36. The van der Waals surface area contributed by atoms with Gasteiger partial charge in [-0.25, -0.2) is 0 Å². The molecule has 0 radical (unpaired) electrons. The number of hydrogen-bond acceptors (Lipinski definition) is 1. The number of aryl methyl sites for hydroxylation is 1. The van der Waals surface area contributed by atoms with E-state index in [1.807, 2.05) is 18.2 Å². The minimum Gasteiger partial charge on any atom is -0.466 e. The fraction of sp³-hybridized carbons (Fsp3) is 0.200. The number of benzene rings is 1. The lowest BCUT2D eigenvalue weighted by Gasteiger charge is -2.00. The van der Waals surface area contributed by atoms with Crippen LogP contribution in [-0.4, -0.2) is 0 Å². The molecule has 0 N–H and O–H groups in total. The van der Waals surface area contributed by atoms with Gasteiger partial charge in [0.15, 0.2) is 0 Å². The molecule has 0 saturated heterocycles. The maximum absolute atomic E-state index is 5.11. The lowest BCUT2D eigenvalue weighted by Crippen LogP contribution is -1.83. The molecule has 0 spiro atoms. The standard InChI is InChI=1S/C10H12O/c1-3-9-6-5-7-10(8-9)11-4-2/h4-8H,2-3H2,1H3. The lowest BCUT2D eigenvalue weighted by atomic mass is 10.2. The quantitative estimate of drug-likeness (QED) is 0.599. The first-order valence-electron chi connectivity index (χ1n) is 3.73. The predicted octanol–water partition coefficient (Wildman–Crippen LogP) is 2.77. The van der Waals surface area contributed by atoms with Crippen LogP contribution >= 0.6 is 0 Å². The van der Waals surface area contributed by atoms with E-state index in [0.717, 1.165) is 12.2 Å². The molecule has 1 aromatic rings. The zero-order valence-electron chi connectivity index (χ0n) is 6.71. The van der Waals surface area contributed by atoms with Crippen molar-refractivity contribution >= 4 is 0 Å². The predicted molar refractivity (Wildman–Crippen MR) is 46.6 cm³/mol. The van der Waals surface area contributed by atoms with Crippen LogP contribution in [0.4, 0.5) is 0 Å². The molecule has 1 aromatic carbocycles. The minimum absolute atomic E-state index is 0.861. The van der Waals surface area contributed by atoms with E-state index in [9.17, 15) is 0 Å². The van der Waals surface area contributed by atoms with Crippen LogP contribution in [0, 0.1) is 0 Å². The van der Waals surface area contributed by atoms with Crippen molar-refractivity contribution in [3.05, 3.63) is 42.7 Å². The van der Waals surface area contributed by atoms with Crippen molar-refractivity contribution < 1.29 is 4.74 Å². The second kappa shape index (κ2) is 3.81. The van der Waals surface area contributed by atoms with Crippen molar-refractivity contribution in [3.8, 4) is 5.75 Å². The molecule has 0 fully saturated rings. The van der Waals surface area contributed by atoms with Crippen LogP contribution in [0.2, 0.25) is 0 Å². The van der Waals surface area contributed by atoms with Crippen molar-refractivity contribution in [1.29, 1.82) is 0 Å². The summed E-state index contributed by atoms with van der Waals surface area (Å²) in [6.07, 6.45) is 2.48. The van der Waals surface area contributed by atoms with E-state index >= 15 is 0 Å². The van der Waals surface area contributed by atoms with Crippen molar-refractivity contribution in [2.75, 3.05) is 0 Å². The smallest absolute Gasteiger partial charge is 0.126 e. The van der Waals surface area contributed by atoms with E-state index < -0.39 is 0 Å². The van der Waals surface area contributed by atoms with Crippen LogP contribution in [0.25, 0.3) is 0 Å². The SMILES string of the molecule is C=COc1cccc(CC)c1. The zero-order chi connectivity index (χ0) is 8.10. The van der Waals surface area contributed by atoms with Gasteiger partial charge in [0.25, 0.3) is 0 Å². The molecule has 0 atom stereocenters. The molecule has 0 aliphatic heterocycles. The van der Waals surface area contributed by atoms with E-state index in [-0.39, 0.29) is 0 Å². The first kappa shape index (κ1) is 7.86. The second-order valence-corrected chi connectivity index (χ2v) is 2.29. The third-order valence-corrected chi connectivity index (χ3v) is 1.53. The molecule has 1 nitrogen and oxygen atoms in total. The molecule has 11 heavy (non-hydrogen) atoms. The summed E-state index contributed by atoms with van der Waals surface area (Å²) in [5, 5.41) is 0. The maximum Gasteiger partial charge on any atom is 0.126 e. The van der Waals surface area contributed by atoms with Gasteiger partial charge < -0.3 is 4.74 Å². The van der Waals surface area contributed by atoms with Crippen molar-refractivity contribution in [3.63, 3.8) is 0 Å². The van der Waals surface area contributed by atoms with Gasteiger partial charge >= 0.3 is 0 Å². The summed E-state index contributed by atoms with van der Waals surface area (Å²) in [7, 11) is 0. The highest BCUT2D eigenvalue weighted by molar-refractivity contribution is 5.28. The Morgan fingerprint density at radius 1 is 1.55 bits per heavy atom. The maximum atomic E-state index is 5.11. The molecule has 58 valence electrons. The fourth-order valence-corrected chi connectivity index (χ4v) is 0.935. The lowest BCUT2D eigenvalue weighted by molar-refractivity contribution is 0.483. The van der Waals surface area contributed by atoms with E-state index in [0.29, 0.717) is 0 Å². The molecule has 1 heteroatoms. The third kappa shape index (κ3) is 2.11. The molecule has 0 aliphatic carbocycles. The van der Waals surface area contributed by atoms with E-state index in [1.54, 1.807) is 0 Å². The van der Waals surface area contributed by atoms with E-state index in [1.165, 1.54) is 11.8 Å². The van der Waals surface area contributed by atoms with Gasteiger partial charge in [-0.15, -0.1) is 0 Å². The summed E-state index contributed by atoms with van der Waals surface area (Å²) in [6, 6.07) is 8.00. The van der Waals surface area contributed by atoms with Gasteiger partial charge in [0.1, 0.15) is 5.75 Å². The first-order valence-corrected chi connectivity index (χ1v) is 3.73. The Morgan fingerprint density at radius 3 is 3.00 bits per heavy atom. The van der Waals surface area contributed by atoms with Crippen LogP contribution < -0.4 is 4.74 Å². The molecular weight excluding hydrogens is 136 g/mol. The molecule has 0 amide bonds. The second-order valence-electron chi connectivity index (χ2n) is 2.29. The van der Waals surface area contributed by atoms with E-state index in [4.69, 9.17) is 4.74 Å². The van der Waals surface area contributed by atoms with Crippen molar-refractivity contribution in [1.82, 2.24) is 0 Å². The summed E-state index contributed by atoms with van der Waals surface area (Å²) in [6.45, 7) is 5.61. The molecule has 0 unspecified atom stereocenters. The Morgan fingerprint density at radius 2 is 2.36 bits per heavy atom. The Balaban J connectivity index is 2.82. The molecule has 0 aliphatic rings. The van der Waals surface area contributed by atoms with Gasteiger partial charge in [0.05, 0.1) is 6.26 Å². The third-order valence-electron chi connectivity index (χ3n) is 1.53. The summed E-state index contributed by atoms with van der Waals surface area (Å²) >= 11 is 0. The van der Waals surface area contributed by atoms with Crippen LogP contribution in [0.3, 0.4) is 0 Å². The number of rotatable bonds is 3. The molecule has 0 aromatic heterocycles. The van der Waals surface area contributed by atoms with Gasteiger partial charge in [0, 0.05) is 0 Å². The minimum atomic E-state index is 0.861. The average molecular weight is 148 g/mol. The largest absolute Gasteiger partial charge is 0.466 e. The van der Waals surface area contributed by atoms with Crippen molar-refractivity contribution in [2.45, 2.75) is 13.3 Å². The Labute approximate surface area is 67.3 Å². The van der Waals surface area contributed by atoms with Gasteiger partial charge in [-0.3, -0.25) is 0 Å². The van der Waals surface area contributed by atoms with Crippen LogP contribution in [0.1, 0.15) is 12.5 Å². The Bertz CT molecular complexity index is 240. The molecule has 1 rings (SSSR count). The molecule has 0 saturated carbocycles. The van der Waals surface area contributed by atoms with E-state index in [2.05, 4.69) is 19.6 Å².